The van der Waals surface area contributed by atoms with Crippen LogP contribution in [0.5, 0.6) is 5.75 Å². The molecule has 130 valence electrons. The minimum atomic E-state index is -0.234. The molecule has 0 amide bonds. The second kappa shape index (κ2) is 6.16. The van der Waals surface area contributed by atoms with Crippen LogP contribution in [0.25, 0.3) is 22.7 Å². The van der Waals surface area contributed by atoms with Crippen molar-refractivity contribution in [2.24, 2.45) is 0 Å². The number of benzene rings is 1. The molecule has 25 heavy (non-hydrogen) atoms. The van der Waals surface area contributed by atoms with Crippen molar-refractivity contribution in [2.75, 3.05) is 18.0 Å². The molecule has 8 heteroatoms. The molecule has 0 radical (unpaired) electrons. The number of hydrogen-bond donors (Lipinski definition) is 3. The van der Waals surface area contributed by atoms with E-state index in [9.17, 15) is 10.2 Å². The zero-order valence-electron chi connectivity index (χ0n) is 13.7. The van der Waals surface area contributed by atoms with Crippen molar-refractivity contribution in [1.82, 2.24) is 19.9 Å². The summed E-state index contributed by atoms with van der Waals surface area (Å²) in [6.45, 7) is 3.36. The van der Waals surface area contributed by atoms with E-state index in [1.807, 2.05) is 6.92 Å². The van der Waals surface area contributed by atoms with Gasteiger partial charge in [-0.05, 0) is 37.5 Å². The van der Waals surface area contributed by atoms with Crippen molar-refractivity contribution in [1.29, 1.82) is 0 Å². The number of H-pyrrole nitrogens is 1. The van der Waals surface area contributed by atoms with Crippen LogP contribution in [0.2, 0.25) is 5.02 Å². The number of aryl methyl sites for hydroxylation is 1. The molecule has 0 saturated carbocycles. The molecule has 1 aliphatic rings. The number of aromatic hydroxyl groups is 1. The van der Waals surface area contributed by atoms with Crippen LogP contribution in [-0.4, -0.2) is 49.3 Å². The van der Waals surface area contributed by atoms with Crippen molar-refractivity contribution in [3.8, 4) is 17.1 Å². The summed E-state index contributed by atoms with van der Waals surface area (Å²) in [5.74, 6) is 1.33. The van der Waals surface area contributed by atoms with Gasteiger partial charge in [-0.25, -0.2) is 15.0 Å². The topological polar surface area (TPSA) is 98.2 Å². The highest BCUT2D eigenvalue weighted by Crippen LogP contribution is 2.34. The van der Waals surface area contributed by atoms with E-state index in [1.165, 1.54) is 6.07 Å². The normalized spacial score (nSPS) is 15.9. The number of anilines is 1. The van der Waals surface area contributed by atoms with Gasteiger partial charge in [-0.1, -0.05) is 11.6 Å². The van der Waals surface area contributed by atoms with Gasteiger partial charge in [0.15, 0.2) is 11.3 Å². The summed E-state index contributed by atoms with van der Waals surface area (Å²) >= 11 is 5.97. The molecule has 0 spiro atoms. The Morgan fingerprint density at radius 3 is 2.72 bits per heavy atom. The molecule has 0 aliphatic carbocycles. The first-order valence-corrected chi connectivity index (χ1v) is 8.54. The number of piperidine rings is 1. The maximum Gasteiger partial charge on any atom is 0.197 e. The third kappa shape index (κ3) is 3.01. The summed E-state index contributed by atoms with van der Waals surface area (Å²) in [5, 5.41) is 20.3. The molecular weight excluding hydrogens is 342 g/mol. The highest BCUT2D eigenvalue weighted by molar-refractivity contribution is 6.31. The largest absolute Gasteiger partial charge is 0.507 e. The van der Waals surface area contributed by atoms with E-state index >= 15 is 0 Å². The van der Waals surface area contributed by atoms with E-state index in [0.717, 1.165) is 37.3 Å². The van der Waals surface area contributed by atoms with Gasteiger partial charge in [0.05, 0.1) is 17.9 Å². The fourth-order valence-electron chi connectivity index (χ4n) is 3.18. The molecular formula is C17H18ClN5O2. The van der Waals surface area contributed by atoms with Gasteiger partial charge < -0.3 is 20.1 Å². The summed E-state index contributed by atoms with van der Waals surface area (Å²) in [4.78, 5) is 18.7. The first-order chi connectivity index (χ1) is 12.0. The Bertz CT molecular complexity index is 911. The zero-order valence-corrected chi connectivity index (χ0v) is 14.5. The number of aliphatic hydroxyl groups is 1. The SMILES string of the molecule is Cc1cc(Cl)cc(O)c1-c1nc2ncc(N3CCC(O)CC3)nc2[nH]1. The molecule has 1 fully saturated rings. The van der Waals surface area contributed by atoms with Crippen LogP contribution in [0.15, 0.2) is 18.3 Å². The zero-order chi connectivity index (χ0) is 17.6. The van der Waals surface area contributed by atoms with Crippen LogP contribution in [0.1, 0.15) is 18.4 Å². The van der Waals surface area contributed by atoms with Gasteiger partial charge in [0.25, 0.3) is 0 Å². The van der Waals surface area contributed by atoms with Crippen LogP contribution >= 0.6 is 11.6 Å². The van der Waals surface area contributed by atoms with E-state index in [-0.39, 0.29) is 11.9 Å². The van der Waals surface area contributed by atoms with Crippen LogP contribution in [0.3, 0.4) is 0 Å². The number of nitrogens with one attached hydrogen (secondary N) is 1. The number of nitrogens with zero attached hydrogens (tertiary/aromatic N) is 4. The van der Waals surface area contributed by atoms with Crippen LogP contribution in [0, 0.1) is 6.92 Å². The summed E-state index contributed by atoms with van der Waals surface area (Å²) in [6, 6.07) is 3.26. The van der Waals surface area contributed by atoms with Gasteiger partial charge in [0, 0.05) is 18.1 Å². The first kappa shape index (κ1) is 16.1. The number of halogens is 1. The van der Waals surface area contributed by atoms with Crippen molar-refractivity contribution in [3.05, 3.63) is 28.9 Å². The molecule has 2 aromatic heterocycles. The Balaban J connectivity index is 1.72. The summed E-state index contributed by atoms with van der Waals surface area (Å²) in [6.07, 6.45) is 2.92. The number of imidazole rings is 1. The Kier molecular flexibility index (Phi) is 3.97. The fourth-order valence-corrected chi connectivity index (χ4v) is 3.45. The molecule has 3 N–H and O–H groups in total. The monoisotopic (exact) mass is 359 g/mol. The third-order valence-electron chi connectivity index (χ3n) is 4.50. The Hall–Kier alpha value is -2.38. The molecule has 1 aliphatic heterocycles. The minimum absolute atomic E-state index is 0.0642. The summed E-state index contributed by atoms with van der Waals surface area (Å²) in [7, 11) is 0. The van der Waals surface area contributed by atoms with Crippen molar-refractivity contribution in [3.63, 3.8) is 0 Å². The first-order valence-electron chi connectivity index (χ1n) is 8.16. The highest BCUT2D eigenvalue weighted by Gasteiger charge is 2.20. The highest BCUT2D eigenvalue weighted by atomic mass is 35.5. The van der Waals surface area contributed by atoms with Gasteiger partial charge >= 0.3 is 0 Å². The fraction of sp³-hybridized carbons (Fsp3) is 0.353. The van der Waals surface area contributed by atoms with Crippen molar-refractivity contribution in [2.45, 2.75) is 25.9 Å². The molecule has 0 atom stereocenters. The van der Waals surface area contributed by atoms with Crippen LogP contribution in [0.4, 0.5) is 5.82 Å². The van der Waals surface area contributed by atoms with Gasteiger partial charge in [-0.2, -0.15) is 0 Å². The Labute approximate surface area is 149 Å². The molecule has 1 aromatic carbocycles. The van der Waals surface area contributed by atoms with Gasteiger partial charge in [0.1, 0.15) is 17.4 Å². The second-order valence-corrected chi connectivity index (χ2v) is 6.76. The number of phenolic OH excluding ortho intramolecular Hbond substituents is 1. The van der Waals surface area contributed by atoms with Crippen molar-refractivity contribution >= 4 is 28.7 Å². The van der Waals surface area contributed by atoms with E-state index < -0.39 is 0 Å². The molecule has 7 nitrogen and oxygen atoms in total. The molecule has 1 saturated heterocycles. The average molecular weight is 360 g/mol. The lowest BCUT2D eigenvalue weighted by Crippen LogP contribution is -2.36. The average Bonchev–Trinajstić information content (AvgIpc) is 2.97. The maximum atomic E-state index is 10.2. The number of aliphatic hydroxyl groups excluding tert-OH is 1. The standard InChI is InChI=1S/C17H18ClN5O2/c1-9-6-10(18)7-12(25)14(9)15-21-16-17(22-15)20-13(8-19-16)23-4-2-11(24)3-5-23/h6-8,11,24-25H,2-5H2,1H3,(H,19,20,21,22). The number of hydrogen-bond acceptors (Lipinski definition) is 6. The lowest BCUT2D eigenvalue weighted by Gasteiger charge is -2.30. The minimum Gasteiger partial charge on any atom is -0.507 e. The summed E-state index contributed by atoms with van der Waals surface area (Å²) in [5.41, 5.74) is 2.46. The molecule has 0 bridgehead atoms. The van der Waals surface area contributed by atoms with Crippen LogP contribution in [-0.2, 0) is 0 Å². The lowest BCUT2D eigenvalue weighted by atomic mass is 10.1. The van der Waals surface area contributed by atoms with E-state index in [4.69, 9.17) is 11.6 Å². The number of phenols is 1. The van der Waals surface area contributed by atoms with Crippen molar-refractivity contribution < 1.29 is 10.2 Å². The lowest BCUT2D eigenvalue weighted by molar-refractivity contribution is 0.145. The predicted molar refractivity (Wildman–Crippen MR) is 96.0 cm³/mol. The van der Waals surface area contributed by atoms with E-state index in [1.54, 1.807) is 12.3 Å². The number of rotatable bonds is 2. The predicted octanol–water partition coefficient (Wildman–Crippen LogP) is 2.65. The molecule has 0 unspecified atom stereocenters. The Morgan fingerprint density at radius 1 is 1.24 bits per heavy atom. The summed E-state index contributed by atoms with van der Waals surface area (Å²) < 4.78 is 0. The molecule has 4 rings (SSSR count). The Morgan fingerprint density at radius 2 is 2.00 bits per heavy atom. The van der Waals surface area contributed by atoms with Gasteiger partial charge in [0.2, 0.25) is 0 Å². The second-order valence-electron chi connectivity index (χ2n) is 6.32. The quantitative estimate of drug-likeness (QED) is 0.650. The number of aromatic amines is 1. The molecule has 3 aromatic rings. The van der Waals surface area contributed by atoms with Gasteiger partial charge in [-0.3, -0.25) is 0 Å². The third-order valence-corrected chi connectivity index (χ3v) is 4.72. The molecule has 3 heterocycles. The number of aromatic nitrogens is 4. The van der Waals surface area contributed by atoms with E-state index in [0.29, 0.717) is 27.7 Å². The van der Waals surface area contributed by atoms with E-state index in [2.05, 4.69) is 24.8 Å². The van der Waals surface area contributed by atoms with Gasteiger partial charge in [-0.15, -0.1) is 0 Å². The smallest absolute Gasteiger partial charge is 0.197 e. The maximum absolute atomic E-state index is 10.2. The van der Waals surface area contributed by atoms with Crippen LogP contribution < -0.4 is 4.90 Å². The number of fused-ring (bicyclic) bond motifs is 1.